The van der Waals surface area contributed by atoms with Gasteiger partial charge in [-0.25, -0.2) is 0 Å². The van der Waals surface area contributed by atoms with E-state index >= 15 is 0 Å². The van der Waals surface area contributed by atoms with Gasteiger partial charge in [0.1, 0.15) is 0 Å². The van der Waals surface area contributed by atoms with Gasteiger partial charge >= 0.3 is 0 Å². The molecule has 1 saturated carbocycles. The first kappa shape index (κ1) is 13.4. The van der Waals surface area contributed by atoms with Crippen molar-refractivity contribution in [3.63, 3.8) is 0 Å². The molecule has 0 radical (unpaired) electrons. The second-order valence-corrected chi connectivity index (χ2v) is 6.26. The molecule has 104 valence electrons. The SMILES string of the molecule is OCC1CC(c2ccccc2Cl)C2(CCCCC2)O1. The monoisotopic (exact) mass is 280 g/mol. The Morgan fingerprint density at radius 1 is 1.21 bits per heavy atom. The number of ether oxygens (including phenoxy) is 1. The van der Waals surface area contributed by atoms with E-state index in [9.17, 15) is 5.11 Å². The van der Waals surface area contributed by atoms with Crippen molar-refractivity contribution >= 4 is 11.6 Å². The zero-order valence-electron chi connectivity index (χ0n) is 11.1. The molecule has 0 amide bonds. The van der Waals surface area contributed by atoms with Crippen molar-refractivity contribution < 1.29 is 9.84 Å². The number of aliphatic hydroxyl groups excluding tert-OH is 1. The number of hydrogen-bond donors (Lipinski definition) is 1. The Morgan fingerprint density at radius 3 is 2.63 bits per heavy atom. The molecule has 2 nitrogen and oxygen atoms in total. The Balaban J connectivity index is 1.95. The molecular formula is C16H21ClO2. The molecule has 2 unspecified atom stereocenters. The number of halogens is 1. The van der Waals surface area contributed by atoms with Crippen LogP contribution in [0, 0.1) is 0 Å². The van der Waals surface area contributed by atoms with Crippen molar-refractivity contribution in [3.8, 4) is 0 Å². The second-order valence-electron chi connectivity index (χ2n) is 5.86. The van der Waals surface area contributed by atoms with E-state index in [0.717, 1.165) is 24.3 Å². The highest BCUT2D eigenvalue weighted by molar-refractivity contribution is 6.31. The first-order valence-electron chi connectivity index (χ1n) is 7.28. The van der Waals surface area contributed by atoms with Gasteiger partial charge in [0.05, 0.1) is 18.3 Å². The van der Waals surface area contributed by atoms with E-state index < -0.39 is 0 Å². The smallest absolute Gasteiger partial charge is 0.0820 e. The molecule has 3 rings (SSSR count). The fraction of sp³-hybridized carbons (Fsp3) is 0.625. The Kier molecular flexibility index (Phi) is 3.84. The third kappa shape index (κ3) is 2.42. The zero-order chi connectivity index (χ0) is 13.3. The average molecular weight is 281 g/mol. The third-order valence-electron chi connectivity index (χ3n) is 4.72. The molecular weight excluding hydrogens is 260 g/mol. The van der Waals surface area contributed by atoms with Crippen LogP contribution in [0.25, 0.3) is 0 Å². The Hall–Kier alpha value is -0.570. The van der Waals surface area contributed by atoms with Crippen molar-refractivity contribution in [2.24, 2.45) is 0 Å². The molecule has 1 aromatic rings. The summed E-state index contributed by atoms with van der Waals surface area (Å²) in [6, 6.07) is 8.09. The van der Waals surface area contributed by atoms with Gasteiger partial charge in [-0.2, -0.15) is 0 Å². The predicted octanol–water partition coefficient (Wildman–Crippen LogP) is 3.91. The number of hydrogen-bond acceptors (Lipinski definition) is 2. The van der Waals surface area contributed by atoms with E-state index in [0.29, 0.717) is 5.92 Å². The van der Waals surface area contributed by atoms with Crippen molar-refractivity contribution in [2.45, 2.75) is 56.1 Å². The van der Waals surface area contributed by atoms with Crippen LogP contribution in [0.4, 0.5) is 0 Å². The molecule has 1 saturated heterocycles. The predicted molar refractivity (Wildman–Crippen MR) is 76.6 cm³/mol. The van der Waals surface area contributed by atoms with Gasteiger partial charge < -0.3 is 9.84 Å². The summed E-state index contributed by atoms with van der Waals surface area (Å²) in [6.45, 7) is 0.114. The molecule has 1 spiro atoms. The highest BCUT2D eigenvalue weighted by Crippen LogP contribution is 2.51. The van der Waals surface area contributed by atoms with Crippen LogP contribution in [0.3, 0.4) is 0 Å². The van der Waals surface area contributed by atoms with Crippen LogP contribution in [0.2, 0.25) is 5.02 Å². The van der Waals surface area contributed by atoms with E-state index in [-0.39, 0.29) is 18.3 Å². The molecule has 19 heavy (non-hydrogen) atoms. The van der Waals surface area contributed by atoms with Gasteiger partial charge in [-0.1, -0.05) is 49.1 Å². The molecule has 2 aliphatic rings. The quantitative estimate of drug-likeness (QED) is 0.890. The maximum Gasteiger partial charge on any atom is 0.0820 e. The van der Waals surface area contributed by atoms with Gasteiger partial charge in [0.2, 0.25) is 0 Å². The lowest BCUT2D eigenvalue weighted by atomic mass is 9.73. The van der Waals surface area contributed by atoms with E-state index in [4.69, 9.17) is 16.3 Å². The van der Waals surface area contributed by atoms with Gasteiger partial charge in [0, 0.05) is 10.9 Å². The van der Waals surface area contributed by atoms with Gasteiger partial charge in [0.25, 0.3) is 0 Å². The number of rotatable bonds is 2. The fourth-order valence-electron chi connectivity index (χ4n) is 3.84. The van der Waals surface area contributed by atoms with Crippen LogP contribution in [-0.2, 0) is 4.74 Å². The first-order valence-corrected chi connectivity index (χ1v) is 7.66. The molecule has 1 heterocycles. The molecule has 2 fully saturated rings. The molecule has 3 heteroatoms. The summed E-state index contributed by atoms with van der Waals surface area (Å²) in [5.41, 5.74) is 1.11. The zero-order valence-corrected chi connectivity index (χ0v) is 11.9. The minimum absolute atomic E-state index is 0.0284. The highest BCUT2D eigenvalue weighted by atomic mass is 35.5. The summed E-state index contributed by atoms with van der Waals surface area (Å²) in [7, 11) is 0. The van der Waals surface area contributed by atoms with E-state index in [1.54, 1.807) is 0 Å². The Labute approximate surface area is 119 Å². The summed E-state index contributed by atoms with van der Waals surface area (Å²) in [5, 5.41) is 10.3. The average Bonchev–Trinajstić information content (AvgIpc) is 2.78. The van der Waals surface area contributed by atoms with Crippen LogP contribution in [0.15, 0.2) is 24.3 Å². The lowest BCUT2D eigenvalue weighted by molar-refractivity contribution is -0.0835. The Bertz CT molecular complexity index is 440. The van der Waals surface area contributed by atoms with Gasteiger partial charge in [-0.3, -0.25) is 0 Å². The van der Waals surface area contributed by atoms with Crippen molar-refractivity contribution in [1.29, 1.82) is 0 Å². The van der Waals surface area contributed by atoms with Crippen LogP contribution in [0.5, 0.6) is 0 Å². The molecule has 0 aromatic heterocycles. The fourth-order valence-corrected chi connectivity index (χ4v) is 4.10. The molecule has 0 bridgehead atoms. The van der Waals surface area contributed by atoms with Crippen molar-refractivity contribution in [2.75, 3.05) is 6.61 Å². The topological polar surface area (TPSA) is 29.5 Å². The largest absolute Gasteiger partial charge is 0.394 e. The van der Waals surface area contributed by atoms with Gasteiger partial charge in [-0.05, 0) is 30.9 Å². The van der Waals surface area contributed by atoms with E-state index in [2.05, 4.69) is 6.07 Å². The highest BCUT2D eigenvalue weighted by Gasteiger charge is 2.49. The molecule has 1 aromatic carbocycles. The first-order chi connectivity index (χ1) is 9.25. The van der Waals surface area contributed by atoms with Crippen LogP contribution in [0.1, 0.15) is 50.0 Å². The molecule has 2 atom stereocenters. The standard InChI is InChI=1S/C16H21ClO2/c17-15-7-3-2-6-13(15)14-10-12(11-18)19-16(14)8-4-1-5-9-16/h2-3,6-7,12,14,18H,1,4-5,8-11H2. The normalized spacial score (nSPS) is 29.8. The lowest BCUT2D eigenvalue weighted by Gasteiger charge is -2.38. The summed E-state index contributed by atoms with van der Waals surface area (Å²) in [4.78, 5) is 0. The minimum Gasteiger partial charge on any atom is -0.394 e. The van der Waals surface area contributed by atoms with Gasteiger partial charge in [-0.15, -0.1) is 0 Å². The van der Waals surface area contributed by atoms with Crippen LogP contribution in [-0.4, -0.2) is 23.4 Å². The molecule has 1 aliphatic carbocycles. The summed E-state index contributed by atoms with van der Waals surface area (Å²) in [5.74, 6) is 0.332. The summed E-state index contributed by atoms with van der Waals surface area (Å²) < 4.78 is 6.25. The second kappa shape index (κ2) is 5.43. The Morgan fingerprint density at radius 2 is 1.95 bits per heavy atom. The maximum atomic E-state index is 9.46. The lowest BCUT2D eigenvalue weighted by Crippen LogP contribution is -2.37. The van der Waals surface area contributed by atoms with Crippen LogP contribution >= 0.6 is 11.6 Å². The third-order valence-corrected chi connectivity index (χ3v) is 5.06. The van der Waals surface area contributed by atoms with E-state index in [1.807, 2.05) is 18.2 Å². The van der Waals surface area contributed by atoms with Gasteiger partial charge in [0.15, 0.2) is 0 Å². The number of aliphatic hydroxyl groups is 1. The van der Waals surface area contributed by atoms with Crippen LogP contribution < -0.4 is 0 Å². The molecule has 1 aliphatic heterocycles. The van der Waals surface area contributed by atoms with E-state index in [1.165, 1.54) is 24.8 Å². The minimum atomic E-state index is -0.0867. The summed E-state index contributed by atoms with van der Waals surface area (Å²) in [6.07, 6.45) is 6.79. The van der Waals surface area contributed by atoms with Crippen molar-refractivity contribution in [1.82, 2.24) is 0 Å². The maximum absolute atomic E-state index is 9.46. The molecule has 1 N–H and O–H groups in total. The van der Waals surface area contributed by atoms with Crippen molar-refractivity contribution in [3.05, 3.63) is 34.9 Å². The number of benzene rings is 1. The summed E-state index contributed by atoms with van der Waals surface area (Å²) >= 11 is 6.38.